The molecule has 4 heteroatoms. The van der Waals surface area contributed by atoms with E-state index in [1.54, 1.807) is 6.92 Å². The standard InChI is InChI=1S/C6H14O2.C4H7NO/c1-4-5-6(2,7)8-3;6-4-2-1-3-5-4/h7H,4-5H2,1-3H3;1-3H2,(H,5,6). The predicted molar refractivity (Wildman–Crippen MR) is 54.8 cm³/mol. The van der Waals surface area contributed by atoms with E-state index >= 15 is 0 Å². The maximum atomic E-state index is 10.1. The molecule has 1 heterocycles. The van der Waals surface area contributed by atoms with E-state index in [2.05, 4.69) is 5.32 Å². The van der Waals surface area contributed by atoms with Gasteiger partial charge in [-0.2, -0.15) is 0 Å². The highest BCUT2D eigenvalue weighted by atomic mass is 16.6. The number of methoxy groups -OCH3 is 1. The molecule has 1 aliphatic rings. The first-order chi connectivity index (χ1) is 6.52. The molecule has 0 bridgehead atoms. The van der Waals surface area contributed by atoms with Crippen molar-refractivity contribution in [2.75, 3.05) is 13.7 Å². The van der Waals surface area contributed by atoms with E-state index in [0.717, 1.165) is 25.8 Å². The number of aliphatic hydroxyl groups is 1. The maximum absolute atomic E-state index is 10.1. The summed E-state index contributed by atoms with van der Waals surface area (Å²) < 4.78 is 4.73. The van der Waals surface area contributed by atoms with Gasteiger partial charge in [-0.1, -0.05) is 13.3 Å². The van der Waals surface area contributed by atoms with Gasteiger partial charge in [0.1, 0.15) is 0 Å². The van der Waals surface area contributed by atoms with E-state index in [1.807, 2.05) is 6.92 Å². The summed E-state index contributed by atoms with van der Waals surface area (Å²) in [6.45, 7) is 4.56. The van der Waals surface area contributed by atoms with Crippen molar-refractivity contribution in [2.45, 2.75) is 45.3 Å². The minimum absolute atomic E-state index is 0.204. The van der Waals surface area contributed by atoms with Crippen LogP contribution in [0, 0.1) is 0 Å². The highest BCUT2D eigenvalue weighted by Gasteiger charge is 2.15. The zero-order chi connectivity index (χ0) is 11.0. The quantitative estimate of drug-likeness (QED) is 0.674. The van der Waals surface area contributed by atoms with Gasteiger partial charge in [0.05, 0.1) is 0 Å². The molecule has 0 aliphatic carbocycles. The molecule has 14 heavy (non-hydrogen) atoms. The fourth-order valence-corrected chi connectivity index (χ4v) is 1.13. The lowest BCUT2D eigenvalue weighted by atomic mass is 10.2. The molecule has 0 aromatic carbocycles. The molecule has 1 rings (SSSR count). The van der Waals surface area contributed by atoms with Gasteiger partial charge in [-0.25, -0.2) is 0 Å². The van der Waals surface area contributed by atoms with Crippen molar-refractivity contribution >= 4 is 5.91 Å². The van der Waals surface area contributed by atoms with Crippen LogP contribution in [0.2, 0.25) is 0 Å². The van der Waals surface area contributed by atoms with E-state index < -0.39 is 5.79 Å². The number of amides is 1. The van der Waals surface area contributed by atoms with Crippen LogP contribution in [0.15, 0.2) is 0 Å². The summed E-state index contributed by atoms with van der Waals surface area (Å²) in [5.41, 5.74) is 0. The molecular weight excluding hydrogens is 182 g/mol. The van der Waals surface area contributed by atoms with E-state index in [-0.39, 0.29) is 5.91 Å². The van der Waals surface area contributed by atoms with Crippen LogP contribution in [0.4, 0.5) is 0 Å². The molecule has 2 N–H and O–H groups in total. The molecule has 84 valence electrons. The third-order valence-electron chi connectivity index (χ3n) is 2.06. The van der Waals surface area contributed by atoms with Crippen LogP contribution >= 0.6 is 0 Å². The topological polar surface area (TPSA) is 58.6 Å². The summed E-state index contributed by atoms with van der Waals surface area (Å²) in [7, 11) is 1.51. The Morgan fingerprint density at radius 2 is 2.29 bits per heavy atom. The molecule has 0 aromatic heterocycles. The van der Waals surface area contributed by atoms with Crippen molar-refractivity contribution in [3.05, 3.63) is 0 Å². The van der Waals surface area contributed by atoms with Crippen LogP contribution in [0.1, 0.15) is 39.5 Å². The summed E-state index contributed by atoms with van der Waals surface area (Å²) >= 11 is 0. The average Bonchev–Trinajstić information content (AvgIpc) is 2.57. The maximum Gasteiger partial charge on any atom is 0.220 e. The first kappa shape index (κ1) is 13.4. The lowest BCUT2D eigenvalue weighted by Gasteiger charge is -2.19. The lowest BCUT2D eigenvalue weighted by molar-refractivity contribution is -0.174. The Hall–Kier alpha value is -0.610. The second kappa shape index (κ2) is 6.79. The first-order valence-electron chi connectivity index (χ1n) is 5.06. The first-order valence-corrected chi connectivity index (χ1v) is 5.06. The van der Waals surface area contributed by atoms with Gasteiger partial charge in [0.25, 0.3) is 0 Å². The van der Waals surface area contributed by atoms with Crippen molar-refractivity contribution < 1.29 is 14.6 Å². The van der Waals surface area contributed by atoms with Crippen LogP contribution in [-0.4, -0.2) is 30.5 Å². The molecule has 1 atom stereocenters. The number of hydrogen-bond donors (Lipinski definition) is 2. The number of carbonyl (C=O) groups is 1. The average molecular weight is 203 g/mol. The molecule has 0 aromatic rings. The Morgan fingerprint density at radius 3 is 2.43 bits per heavy atom. The number of hydrogen-bond acceptors (Lipinski definition) is 3. The van der Waals surface area contributed by atoms with Gasteiger partial charge in [0.2, 0.25) is 5.91 Å². The van der Waals surface area contributed by atoms with E-state index in [0.29, 0.717) is 6.42 Å². The zero-order valence-electron chi connectivity index (χ0n) is 9.30. The molecule has 0 spiro atoms. The van der Waals surface area contributed by atoms with Gasteiger partial charge in [-0.05, 0) is 13.3 Å². The van der Waals surface area contributed by atoms with Crippen LogP contribution < -0.4 is 5.32 Å². The smallest absolute Gasteiger partial charge is 0.220 e. The number of nitrogens with one attached hydrogen (secondary N) is 1. The second-order valence-electron chi connectivity index (χ2n) is 3.58. The summed E-state index contributed by atoms with van der Waals surface area (Å²) in [6.07, 6.45) is 3.41. The minimum Gasteiger partial charge on any atom is -0.366 e. The van der Waals surface area contributed by atoms with Gasteiger partial charge in [0.15, 0.2) is 5.79 Å². The van der Waals surface area contributed by atoms with Crippen molar-refractivity contribution in [3.63, 3.8) is 0 Å². The Kier molecular flexibility index (Phi) is 6.49. The van der Waals surface area contributed by atoms with Gasteiger partial charge >= 0.3 is 0 Å². The molecule has 0 saturated carbocycles. The Bertz CT molecular complexity index is 161. The molecular formula is C10H21NO3. The summed E-state index contributed by atoms with van der Waals surface area (Å²) in [5.74, 6) is -0.704. The van der Waals surface area contributed by atoms with E-state index in [1.165, 1.54) is 7.11 Å². The highest BCUT2D eigenvalue weighted by molar-refractivity contribution is 5.77. The second-order valence-corrected chi connectivity index (χ2v) is 3.58. The molecule has 1 saturated heterocycles. The fraction of sp³-hybridized carbons (Fsp3) is 0.900. The third kappa shape index (κ3) is 6.86. The number of carbonyl (C=O) groups excluding carboxylic acids is 1. The van der Waals surface area contributed by atoms with Gasteiger partial charge in [-0.3, -0.25) is 4.79 Å². The molecule has 4 nitrogen and oxygen atoms in total. The summed E-state index contributed by atoms with van der Waals surface area (Å²) in [5, 5.41) is 11.8. The van der Waals surface area contributed by atoms with E-state index in [9.17, 15) is 4.79 Å². The predicted octanol–water partition coefficient (Wildman–Crippen LogP) is 1.04. The molecule has 1 aliphatic heterocycles. The van der Waals surface area contributed by atoms with Crippen molar-refractivity contribution in [3.8, 4) is 0 Å². The SMILES string of the molecule is CCCC(C)(O)OC.O=C1CCCN1. The highest BCUT2D eigenvalue weighted by Crippen LogP contribution is 2.10. The van der Waals surface area contributed by atoms with Crippen LogP contribution in [0.3, 0.4) is 0 Å². The van der Waals surface area contributed by atoms with Gasteiger partial charge in [-0.15, -0.1) is 0 Å². The summed E-state index contributed by atoms with van der Waals surface area (Å²) in [4.78, 5) is 10.1. The normalized spacial score (nSPS) is 19.3. The Labute approximate surface area is 85.6 Å². The van der Waals surface area contributed by atoms with Crippen molar-refractivity contribution in [2.24, 2.45) is 0 Å². The fourth-order valence-electron chi connectivity index (χ4n) is 1.13. The lowest BCUT2D eigenvalue weighted by Crippen LogP contribution is -2.25. The van der Waals surface area contributed by atoms with Crippen molar-refractivity contribution in [1.82, 2.24) is 5.32 Å². The number of ether oxygens (including phenoxy) is 1. The molecule has 1 amide bonds. The minimum atomic E-state index is -0.908. The molecule has 1 fully saturated rings. The number of rotatable bonds is 3. The monoisotopic (exact) mass is 203 g/mol. The molecule has 1 unspecified atom stereocenters. The van der Waals surface area contributed by atoms with Crippen LogP contribution in [-0.2, 0) is 9.53 Å². The Balaban J connectivity index is 0.000000249. The summed E-state index contributed by atoms with van der Waals surface area (Å²) in [6, 6.07) is 0. The van der Waals surface area contributed by atoms with Crippen LogP contribution in [0.5, 0.6) is 0 Å². The zero-order valence-corrected chi connectivity index (χ0v) is 9.30. The molecule has 0 radical (unpaired) electrons. The van der Waals surface area contributed by atoms with Gasteiger partial charge < -0.3 is 15.2 Å². The largest absolute Gasteiger partial charge is 0.366 e. The third-order valence-corrected chi connectivity index (χ3v) is 2.06. The van der Waals surface area contributed by atoms with E-state index in [4.69, 9.17) is 9.84 Å². The Morgan fingerprint density at radius 1 is 1.64 bits per heavy atom. The van der Waals surface area contributed by atoms with Gasteiger partial charge in [0, 0.05) is 26.5 Å². The van der Waals surface area contributed by atoms with Crippen molar-refractivity contribution in [1.29, 1.82) is 0 Å². The van der Waals surface area contributed by atoms with Crippen LogP contribution in [0.25, 0.3) is 0 Å².